The molecule has 6 nitrogen and oxygen atoms in total. The maximum atomic E-state index is 12.3. The van der Waals surface area contributed by atoms with Gasteiger partial charge in [0.05, 0.1) is 13.2 Å². The molecule has 34 heavy (non-hydrogen) atoms. The Morgan fingerprint density at radius 2 is 1.47 bits per heavy atom. The molecule has 0 aromatic heterocycles. The summed E-state index contributed by atoms with van der Waals surface area (Å²) in [5, 5.41) is 8.86. The Morgan fingerprint density at radius 3 is 2.15 bits per heavy atom. The quantitative estimate of drug-likeness (QED) is 0.323. The number of aryl methyl sites for hydroxylation is 1. The third kappa shape index (κ3) is 8.98. The first-order chi connectivity index (χ1) is 16.5. The van der Waals surface area contributed by atoms with Gasteiger partial charge in [-0.15, -0.1) is 0 Å². The highest BCUT2D eigenvalue weighted by Crippen LogP contribution is 2.18. The van der Waals surface area contributed by atoms with E-state index in [4.69, 9.17) is 4.74 Å². The normalized spacial score (nSPS) is 10.6. The number of hydrogen-bond acceptors (Lipinski definition) is 4. The predicted molar refractivity (Wildman–Crippen MR) is 138 cm³/mol. The summed E-state index contributed by atoms with van der Waals surface area (Å²) >= 11 is 0. The smallest absolute Gasteiger partial charge is 0.243 e. The average molecular weight is 460 g/mol. The van der Waals surface area contributed by atoms with Crippen LogP contribution in [-0.4, -0.2) is 25.0 Å². The Balaban J connectivity index is 1.40. The third-order valence-corrected chi connectivity index (χ3v) is 5.19. The molecular weight excluding hydrogens is 426 g/mol. The number of ether oxygens (including phenoxy) is 1. The predicted octanol–water partition coefficient (Wildman–Crippen LogP) is 5.73. The van der Waals surface area contributed by atoms with Crippen LogP contribution in [0.3, 0.4) is 0 Å². The van der Waals surface area contributed by atoms with Gasteiger partial charge in [-0.2, -0.15) is 0 Å². The molecule has 0 spiro atoms. The van der Waals surface area contributed by atoms with Gasteiger partial charge in [-0.25, -0.2) is 0 Å². The summed E-state index contributed by atoms with van der Waals surface area (Å²) in [6, 6.07) is 24.6. The Bertz CT molecular complexity index is 1050. The summed E-state index contributed by atoms with van der Waals surface area (Å²) in [6.45, 7) is 5.13. The lowest BCUT2D eigenvalue weighted by molar-refractivity contribution is -0.116. The molecule has 178 valence electrons. The summed E-state index contributed by atoms with van der Waals surface area (Å²) in [5.41, 5.74) is 3.32. The number of carbonyl (C=O) groups excluding carboxylic acids is 2. The van der Waals surface area contributed by atoms with Crippen LogP contribution in [0.5, 0.6) is 5.75 Å². The molecule has 0 bridgehead atoms. The van der Waals surface area contributed by atoms with E-state index in [2.05, 4.69) is 29.8 Å². The molecular formula is C28H33N3O3. The van der Waals surface area contributed by atoms with Gasteiger partial charge in [0, 0.05) is 29.5 Å². The molecule has 3 N–H and O–H groups in total. The van der Waals surface area contributed by atoms with E-state index in [0.29, 0.717) is 36.7 Å². The summed E-state index contributed by atoms with van der Waals surface area (Å²) in [7, 11) is 0. The Morgan fingerprint density at radius 1 is 0.794 bits per heavy atom. The van der Waals surface area contributed by atoms with Crippen molar-refractivity contribution < 1.29 is 14.3 Å². The van der Waals surface area contributed by atoms with E-state index < -0.39 is 0 Å². The van der Waals surface area contributed by atoms with Crippen molar-refractivity contribution in [1.82, 2.24) is 0 Å². The lowest BCUT2D eigenvalue weighted by atomic mass is 10.1. The molecule has 3 aromatic carbocycles. The fourth-order valence-corrected chi connectivity index (χ4v) is 3.26. The summed E-state index contributed by atoms with van der Waals surface area (Å²) < 4.78 is 5.77. The van der Waals surface area contributed by atoms with E-state index in [1.165, 1.54) is 0 Å². The summed E-state index contributed by atoms with van der Waals surface area (Å²) in [5.74, 6) is 1.17. The largest absolute Gasteiger partial charge is 0.494 e. The van der Waals surface area contributed by atoms with E-state index in [0.717, 1.165) is 23.4 Å². The molecule has 0 saturated carbocycles. The zero-order valence-electron chi connectivity index (χ0n) is 19.8. The molecule has 0 heterocycles. The monoisotopic (exact) mass is 459 g/mol. The van der Waals surface area contributed by atoms with E-state index >= 15 is 0 Å². The topological polar surface area (TPSA) is 79.5 Å². The maximum absolute atomic E-state index is 12.3. The zero-order valence-corrected chi connectivity index (χ0v) is 19.8. The minimum absolute atomic E-state index is 0.0414. The number of anilines is 3. The van der Waals surface area contributed by atoms with Crippen LogP contribution in [0.1, 0.15) is 32.3 Å². The van der Waals surface area contributed by atoms with Gasteiger partial charge in [-0.1, -0.05) is 50.2 Å². The van der Waals surface area contributed by atoms with Gasteiger partial charge in [0.15, 0.2) is 0 Å². The SMILES string of the molecule is CC(C)CCOc1cccc(NCC(=O)Nc2ccc(NC(=O)CCc3ccccc3)cc2)c1. The number of hydrogen-bond donors (Lipinski definition) is 3. The lowest BCUT2D eigenvalue weighted by Gasteiger charge is -2.11. The molecule has 0 aliphatic carbocycles. The second-order valence-corrected chi connectivity index (χ2v) is 8.57. The second kappa shape index (κ2) is 13.0. The van der Waals surface area contributed by atoms with Crippen molar-refractivity contribution in [2.75, 3.05) is 29.1 Å². The first kappa shape index (κ1) is 24.8. The Kier molecular flexibility index (Phi) is 9.52. The van der Waals surface area contributed by atoms with Gasteiger partial charge < -0.3 is 20.7 Å². The highest BCUT2D eigenvalue weighted by molar-refractivity contribution is 5.94. The van der Waals surface area contributed by atoms with Crippen molar-refractivity contribution in [2.45, 2.75) is 33.1 Å². The minimum atomic E-state index is -0.161. The summed E-state index contributed by atoms with van der Waals surface area (Å²) in [4.78, 5) is 24.5. The van der Waals surface area contributed by atoms with Crippen LogP contribution in [-0.2, 0) is 16.0 Å². The van der Waals surface area contributed by atoms with Crippen molar-refractivity contribution >= 4 is 28.9 Å². The van der Waals surface area contributed by atoms with Crippen molar-refractivity contribution in [2.24, 2.45) is 5.92 Å². The van der Waals surface area contributed by atoms with Crippen molar-refractivity contribution in [3.05, 3.63) is 84.4 Å². The molecule has 6 heteroatoms. The number of carbonyl (C=O) groups is 2. The van der Waals surface area contributed by atoms with Crippen molar-refractivity contribution in [3.8, 4) is 5.75 Å². The molecule has 3 rings (SSSR count). The molecule has 3 aromatic rings. The van der Waals surface area contributed by atoms with Gasteiger partial charge >= 0.3 is 0 Å². The highest BCUT2D eigenvalue weighted by atomic mass is 16.5. The molecule has 0 radical (unpaired) electrons. The van der Waals surface area contributed by atoms with Crippen LogP contribution in [0.25, 0.3) is 0 Å². The molecule has 0 atom stereocenters. The highest BCUT2D eigenvalue weighted by Gasteiger charge is 2.06. The molecule has 2 amide bonds. The van der Waals surface area contributed by atoms with E-state index in [-0.39, 0.29) is 18.4 Å². The van der Waals surface area contributed by atoms with Crippen molar-refractivity contribution in [3.63, 3.8) is 0 Å². The first-order valence-electron chi connectivity index (χ1n) is 11.7. The second-order valence-electron chi connectivity index (χ2n) is 8.57. The van der Waals surface area contributed by atoms with Gasteiger partial charge in [-0.05, 0) is 60.7 Å². The van der Waals surface area contributed by atoms with Crippen LogP contribution >= 0.6 is 0 Å². The van der Waals surface area contributed by atoms with E-state index in [1.54, 1.807) is 24.3 Å². The van der Waals surface area contributed by atoms with E-state index in [1.807, 2.05) is 54.6 Å². The van der Waals surface area contributed by atoms with Gasteiger partial charge in [0.2, 0.25) is 11.8 Å². The van der Waals surface area contributed by atoms with Gasteiger partial charge in [0.1, 0.15) is 5.75 Å². The third-order valence-electron chi connectivity index (χ3n) is 5.19. The number of rotatable bonds is 12. The van der Waals surface area contributed by atoms with Crippen LogP contribution < -0.4 is 20.7 Å². The standard InChI is InChI=1S/C28H33N3O3/c1-21(2)17-18-34-26-10-6-9-25(19-26)29-20-28(33)31-24-14-12-23(13-15-24)30-27(32)16-11-22-7-4-3-5-8-22/h3-10,12-15,19,21,29H,11,16-18,20H2,1-2H3,(H,30,32)(H,31,33). The zero-order chi connectivity index (χ0) is 24.2. The maximum Gasteiger partial charge on any atom is 0.243 e. The molecule has 0 unspecified atom stereocenters. The number of amides is 2. The minimum Gasteiger partial charge on any atom is -0.494 e. The van der Waals surface area contributed by atoms with E-state index in [9.17, 15) is 9.59 Å². The van der Waals surface area contributed by atoms with Crippen LogP contribution in [0, 0.1) is 5.92 Å². The van der Waals surface area contributed by atoms with Gasteiger partial charge in [-0.3, -0.25) is 9.59 Å². The van der Waals surface area contributed by atoms with Crippen molar-refractivity contribution in [1.29, 1.82) is 0 Å². The Hall–Kier alpha value is -3.80. The van der Waals surface area contributed by atoms with Crippen LogP contribution in [0.2, 0.25) is 0 Å². The fourth-order valence-electron chi connectivity index (χ4n) is 3.26. The van der Waals surface area contributed by atoms with Crippen LogP contribution in [0.4, 0.5) is 17.1 Å². The van der Waals surface area contributed by atoms with Crippen LogP contribution in [0.15, 0.2) is 78.9 Å². The molecule has 0 saturated heterocycles. The lowest BCUT2D eigenvalue weighted by Crippen LogP contribution is -2.21. The first-order valence-corrected chi connectivity index (χ1v) is 11.7. The summed E-state index contributed by atoms with van der Waals surface area (Å²) in [6.07, 6.45) is 2.11. The van der Waals surface area contributed by atoms with Gasteiger partial charge in [0.25, 0.3) is 0 Å². The fraction of sp³-hybridized carbons (Fsp3) is 0.286. The average Bonchev–Trinajstić information content (AvgIpc) is 2.83. The molecule has 0 fully saturated rings. The Labute approximate surface area is 201 Å². The number of nitrogens with one attached hydrogen (secondary N) is 3. The number of benzene rings is 3. The molecule has 0 aliphatic heterocycles. The molecule has 0 aliphatic rings.